The largest absolute Gasteiger partial charge is 0.486 e. The SMILES string of the molecule is CC(C)N1CCOc2c(F)cc(-c3nc(Nc4ccc(N5CCNCC5)c(C#N)c4)ncc3C#N)cc21. The van der Waals surface area contributed by atoms with Crippen molar-refractivity contribution < 1.29 is 9.13 Å². The van der Waals surface area contributed by atoms with Gasteiger partial charge in [-0.3, -0.25) is 0 Å². The minimum absolute atomic E-state index is 0.147. The van der Waals surface area contributed by atoms with Gasteiger partial charge in [0, 0.05) is 43.5 Å². The zero-order chi connectivity index (χ0) is 25.9. The molecule has 1 aromatic heterocycles. The summed E-state index contributed by atoms with van der Waals surface area (Å²) in [6.07, 6.45) is 1.42. The van der Waals surface area contributed by atoms with Crippen LogP contribution in [-0.4, -0.2) is 55.3 Å². The molecular formula is C27H27FN8O. The van der Waals surface area contributed by atoms with Crippen LogP contribution in [0.3, 0.4) is 0 Å². The average Bonchev–Trinajstić information content (AvgIpc) is 2.93. The molecule has 0 amide bonds. The van der Waals surface area contributed by atoms with E-state index in [4.69, 9.17) is 4.74 Å². The second-order valence-corrected chi connectivity index (χ2v) is 9.22. The Hall–Kier alpha value is -4.41. The van der Waals surface area contributed by atoms with Crippen molar-refractivity contribution in [1.82, 2.24) is 15.3 Å². The van der Waals surface area contributed by atoms with Crippen LogP contribution < -0.4 is 25.2 Å². The van der Waals surface area contributed by atoms with E-state index in [1.807, 2.05) is 26.0 Å². The third kappa shape index (κ3) is 4.84. The Morgan fingerprint density at radius 1 is 1.05 bits per heavy atom. The highest BCUT2D eigenvalue weighted by atomic mass is 19.1. The quantitative estimate of drug-likeness (QED) is 0.542. The van der Waals surface area contributed by atoms with Crippen molar-refractivity contribution in [2.24, 2.45) is 0 Å². The minimum Gasteiger partial charge on any atom is -0.486 e. The summed E-state index contributed by atoms with van der Waals surface area (Å²) >= 11 is 0. The van der Waals surface area contributed by atoms with Crippen molar-refractivity contribution in [2.75, 3.05) is 54.4 Å². The van der Waals surface area contributed by atoms with Crippen LogP contribution in [0.15, 0.2) is 36.5 Å². The van der Waals surface area contributed by atoms with E-state index < -0.39 is 5.82 Å². The number of nitrogens with zero attached hydrogens (tertiary/aromatic N) is 6. The molecule has 2 N–H and O–H groups in total. The number of piperazine rings is 1. The van der Waals surface area contributed by atoms with Crippen molar-refractivity contribution in [2.45, 2.75) is 19.9 Å². The smallest absolute Gasteiger partial charge is 0.227 e. The highest BCUT2D eigenvalue weighted by Gasteiger charge is 2.25. The molecule has 2 aromatic carbocycles. The van der Waals surface area contributed by atoms with Gasteiger partial charge in [0.15, 0.2) is 11.6 Å². The van der Waals surface area contributed by atoms with Gasteiger partial charge in [-0.05, 0) is 44.2 Å². The van der Waals surface area contributed by atoms with Crippen LogP contribution in [0.5, 0.6) is 5.75 Å². The second kappa shape index (κ2) is 10.3. The minimum atomic E-state index is -0.503. The predicted octanol–water partition coefficient (Wildman–Crippen LogP) is 3.79. The zero-order valence-corrected chi connectivity index (χ0v) is 20.8. The number of anilines is 4. The lowest BCUT2D eigenvalue weighted by Gasteiger charge is -2.34. The number of fused-ring (bicyclic) bond motifs is 1. The van der Waals surface area contributed by atoms with Gasteiger partial charge in [-0.15, -0.1) is 0 Å². The summed E-state index contributed by atoms with van der Waals surface area (Å²) in [6, 6.07) is 13.2. The second-order valence-electron chi connectivity index (χ2n) is 9.22. The Labute approximate surface area is 215 Å². The van der Waals surface area contributed by atoms with E-state index in [9.17, 15) is 10.5 Å². The molecule has 0 bridgehead atoms. The van der Waals surface area contributed by atoms with Crippen LogP contribution in [0.2, 0.25) is 0 Å². The Morgan fingerprint density at radius 2 is 1.84 bits per heavy atom. The molecule has 5 rings (SSSR count). The molecule has 0 saturated carbocycles. The molecule has 1 saturated heterocycles. The van der Waals surface area contributed by atoms with Gasteiger partial charge in [0.2, 0.25) is 5.95 Å². The lowest BCUT2D eigenvalue weighted by molar-refractivity contribution is 0.287. The van der Waals surface area contributed by atoms with Crippen molar-refractivity contribution in [3.05, 3.63) is 53.5 Å². The summed E-state index contributed by atoms with van der Waals surface area (Å²) in [5.74, 6) is -0.0526. The van der Waals surface area contributed by atoms with Crippen LogP contribution in [0, 0.1) is 28.5 Å². The summed E-state index contributed by atoms with van der Waals surface area (Å²) in [7, 11) is 0. The fourth-order valence-electron chi connectivity index (χ4n) is 4.73. The third-order valence-electron chi connectivity index (χ3n) is 6.55. The number of nitriles is 2. The number of aromatic nitrogens is 2. The number of nitrogens with one attached hydrogen (secondary N) is 2. The third-order valence-corrected chi connectivity index (χ3v) is 6.55. The van der Waals surface area contributed by atoms with Crippen molar-refractivity contribution in [3.8, 4) is 29.1 Å². The van der Waals surface area contributed by atoms with Crippen molar-refractivity contribution >= 4 is 23.0 Å². The summed E-state index contributed by atoms with van der Waals surface area (Å²) < 4.78 is 20.7. The topological polar surface area (TPSA) is 113 Å². The fraction of sp³-hybridized carbons (Fsp3) is 0.333. The highest BCUT2D eigenvalue weighted by Crippen LogP contribution is 2.39. The molecule has 1 fully saturated rings. The van der Waals surface area contributed by atoms with E-state index in [2.05, 4.69) is 42.5 Å². The maximum atomic E-state index is 15.1. The first-order chi connectivity index (χ1) is 18.0. The number of hydrogen-bond donors (Lipinski definition) is 2. The van der Waals surface area contributed by atoms with Crippen LogP contribution >= 0.6 is 0 Å². The van der Waals surface area contributed by atoms with Crippen molar-refractivity contribution in [3.63, 3.8) is 0 Å². The molecule has 2 aliphatic rings. The van der Waals surface area contributed by atoms with Gasteiger partial charge in [-0.25, -0.2) is 14.4 Å². The molecule has 0 atom stereocenters. The molecule has 0 radical (unpaired) electrons. The van der Waals surface area contributed by atoms with Gasteiger partial charge in [-0.2, -0.15) is 10.5 Å². The van der Waals surface area contributed by atoms with Gasteiger partial charge in [0.1, 0.15) is 18.7 Å². The number of halogens is 1. The Kier molecular flexibility index (Phi) is 6.76. The maximum absolute atomic E-state index is 15.1. The summed E-state index contributed by atoms with van der Waals surface area (Å²) in [4.78, 5) is 13.1. The molecule has 37 heavy (non-hydrogen) atoms. The Morgan fingerprint density at radius 3 is 2.57 bits per heavy atom. The van der Waals surface area contributed by atoms with Crippen LogP contribution in [-0.2, 0) is 0 Å². The van der Waals surface area contributed by atoms with E-state index in [-0.39, 0.29) is 23.3 Å². The van der Waals surface area contributed by atoms with Crippen LogP contribution in [0.25, 0.3) is 11.3 Å². The number of benzene rings is 2. The first-order valence-corrected chi connectivity index (χ1v) is 12.3. The lowest BCUT2D eigenvalue weighted by atomic mass is 10.0. The van der Waals surface area contributed by atoms with E-state index in [1.54, 1.807) is 12.1 Å². The molecule has 2 aliphatic heterocycles. The normalized spacial score (nSPS) is 15.0. The van der Waals surface area contributed by atoms with E-state index in [1.165, 1.54) is 12.3 Å². The van der Waals surface area contributed by atoms with Gasteiger partial charge >= 0.3 is 0 Å². The molecule has 188 valence electrons. The number of ether oxygens (including phenoxy) is 1. The number of hydrogen-bond acceptors (Lipinski definition) is 9. The van der Waals surface area contributed by atoms with Crippen molar-refractivity contribution in [1.29, 1.82) is 10.5 Å². The monoisotopic (exact) mass is 498 g/mol. The van der Waals surface area contributed by atoms with E-state index in [0.717, 1.165) is 31.9 Å². The molecule has 10 heteroatoms. The van der Waals surface area contributed by atoms with Gasteiger partial charge in [-0.1, -0.05) is 0 Å². The van der Waals surface area contributed by atoms with Gasteiger partial charge in [0.05, 0.1) is 40.9 Å². The zero-order valence-electron chi connectivity index (χ0n) is 20.8. The van der Waals surface area contributed by atoms with E-state index in [0.29, 0.717) is 41.3 Å². The molecule has 0 aliphatic carbocycles. The van der Waals surface area contributed by atoms with Crippen LogP contribution in [0.4, 0.5) is 27.4 Å². The van der Waals surface area contributed by atoms with E-state index >= 15 is 4.39 Å². The average molecular weight is 499 g/mol. The molecule has 3 heterocycles. The standard InChI is InChI=1S/C27H27FN8O/c1-17(2)36-9-10-37-26-22(28)12-18(13-24(26)36)25-20(15-30)16-32-27(34-25)33-21-3-4-23(19(11-21)14-29)35-7-5-31-6-8-35/h3-4,11-13,16-17,31H,5-10H2,1-2H3,(H,32,33,34). The molecule has 0 unspecified atom stereocenters. The van der Waals surface area contributed by atoms with Gasteiger partial charge < -0.3 is 25.2 Å². The summed E-state index contributed by atoms with van der Waals surface area (Å²) in [6.45, 7) is 8.53. The first kappa shape index (κ1) is 24.3. The molecule has 9 nitrogen and oxygen atoms in total. The molecule has 0 spiro atoms. The van der Waals surface area contributed by atoms with Crippen LogP contribution in [0.1, 0.15) is 25.0 Å². The lowest BCUT2D eigenvalue weighted by Crippen LogP contribution is -2.43. The Balaban J connectivity index is 1.49. The first-order valence-electron chi connectivity index (χ1n) is 12.3. The molecular weight excluding hydrogens is 471 g/mol. The molecule has 3 aromatic rings. The summed E-state index contributed by atoms with van der Waals surface area (Å²) in [5, 5.41) is 25.9. The predicted molar refractivity (Wildman–Crippen MR) is 140 cm³/mol. The number of rotatable bonds is 5. The fourth-order valence-corrected chi connectivity index (χ4v) is 4.73. The maximum Gasteiger partial charge on any atom is 0.227 e. The highest BCUT2D eigenvalue weighted by molar-refractivity contribution is 5.76. The Bertz CT molecular complexity index is 1400. The van der Waals surface area contributed by atoms with Gasteiger partial charge in [0.25, 0.3) is 0 Å². The summed E-state index contributed by atoms with van der Waals surface area (Å²) in [5.41, 5.74) is 3.71.